The minimum absolute atomic E-state index is 0.0579. The Hall–Kier alpha value is -0.0400. The van der Waals surface area contributed by atoms with Crippen molar-refractivity contribution in [3.05, 3.63) is 0 Å². The van der Waals surface area contributed by atoms with Crippen LogP contribution in [0.3, 0.4) is 0 Å². The molecule has 0 saturated heterocycles. The van der Waals surface area contributed by atoms with Gasteiger partial charge in [-0.1, -0.05) is 12.8 Å². The van der Waals surface area contributed by atoms with Gasteiger partial charge in [0.15, 0.2) is 0 Å². The number of hydrogen-bond acceptors (Lipinski definition) is 1. The normalized spacial score (nSPS) is 57.2. The van der Waals surface area contributed by atoms with Gasteiger partial charge in [-0.3, -0.25) is 0 Å². The number of aliphatic hydroxyl groups excluding tert-OH is 1. The van der Waals surface area contributed by atoms with Gasteiger partial charge in [0.25, 0.3) is 0 Å². The molecule has 3 rings (SSSR count). The fraction of sp³-hybridized carbons (Fsp3) is 1.00. The smallest absolute Gasteiger partial charge is 0.0601 e. The van der Waals surface area contributed by atoms with E-state index in [1.54, 1.807) is 0 Å². The van der Waals surface area contributed by atoms with Crippen molar-refractivity contribution in [2.24, 2.45) is 10.8 Å². The first-order valence-electron chi connectivity index (χ1n) is 5.47. The lowest BCUT2D eigenvalue weighted by Gasteiger charge is -2.61. The van der Waals surface area contributed by atoms with Crippen LogP contribution in [0, 0.1) is 10.8 Å². The summed E-state index contributed by atoms with van der Waals surface area (Å²) in [6, 6.07) is 0. The molecule has 0 unspecified atom stereocenters. The molecular formula is C11H18O. The summed E-state index contributed by atoms with van der Waals surface area (Å²) in [6.45, 7) is 0. The minimum Gasteiger partial charge on any atom is -0.393 e. The molecule has 3 aliphatic carbocycles. The van der Waals surface area contributed by atoms with Gasteiger partial charge in [-0.25, -0.2) is 0 Å². The van der Waals surface area contributed by atoms with Crippen LogP contribution in [-0.2, 0) is 0 Å². The molecule has 1 N–H and O–H groups in total. The van der Waals surface area contributed by atoms with E-state index >= 15 is 0 Å². The topological polar surface area (TPSA) is 20.2 Å². The van der Waals surface area contributed by atoms with Gasteiger partial charge in [-0.2, -0.15) is 0 Å². The third-order valence-corrected chi connectivity index (χ3v) is 5.15. The van der Waals surface area contributed by atoms with E-state index in [-0.39, 0.29) is 6.10 Å². The number of aliphatic hydroxyl groups is 1. The molecule has 0 aromatic carbocycles. The first kappa shape index (κ1) is 7.37. The van der Waals surface area contributed by atoms with Crippen LogP contribution in [0.2, 0.25) is 0 Å². The van der Waals surface area contributed by atoms with E-state index in [1.807, 2.05) is 0 Å². The van der Waals surface area contributed by atoms with Crippen molar-refractivity contribution in [2.75, 3.05) is 0 Å². The first-order chi connectivity index (χ1) is 5.79. The molecule has 0 aliphatic heterocycles. The van der Waals surface area contributed by atoms with Crippen LogP contribution in [0.1, 0.15) is 51.4 Å². The highest BCUT2D eigenvalue weighted by Gasteiger charge is 2.65. The summed E-state index contributed by atoms with van der Waals surface area (Å²) in [5.41, 5.74) is 1.05. The maximum atomic E-state index is 10.1. The summed E-state index contributed by atoms with van der Waals surface area (Å²) in [6.07, 6.45) is 10.7. The highest BCUT2D eigenvalue weighted by atomic mass is 16.3. The Morgan fingerprint density at radius 3 is 2.42 bits per heavy atom. The Morgan fingerprint density at radius 1 is 0.917 bits per heavy atom. The van der Waals surface area contributed by atoms with E-state index in [0.29, 0.717) is 10.8 Å². The fourth-order valence-corrected chi connectivity index (χ4v) is 4.40. The summed E-state index contributed by atoms with van der Waals surface area (Å²) < 4.78 is 0. The second-order valence-electron chi connectivity index (χ2n) is 5.20. The summed E-state index contributed by atoms with van der Waals surface area (Å²) in [4.78, 5) is 0. The molecule has 0 heterocycles. The van der Waals surface area contributed by atoms with Gasteiger partial charge in [0.2, 0.25) is 0 Å². The number of hydrogen-bond donors (Lipinski definition) is 1. The second-order valence-corrected chi connectivity index (χ2v) is 5.20. The van der Waals surface area contributed by atoms with Crippen LogP contribution in [-0.4, -0.2) is 11.2 Å². The first-order valence-corrected chi connectivity index (χ1v) is 5.47. The van der Waals surface area contributed by atoms with E-state index in [2.05, 4.69) is 0 Å². The quantitative estimate of drug-likeness (QED) is 0.586. The third-order valence-electron chi connectivity index (χ3n) is 5.15. The summed E-state index contributed by atoms with van der Waals surface area (Å²) in [7, 11) is 0. The maximum absolute atomic E-state index is 10.1. The SMILES string of the molecule is O[C@@H]1CCC[C@]23CCC[C@@]12CC3. The van der Waals surface area contributed by atoms with E-state index in [0.717, 1.165) is 6.42 Å². The van der Waals surface area contributed by atoms with E-state index in [9.17, 15) is 5.11 Å². The molecule has 0 radical (unpaired) electrons. The summed E-state index contributed by atoms with van der Waals surface area (Å²) in [5.74, 6) is 0. The van der Waals surface area contributed by atoms with E-state index in [1.165, 1.54) is 44.9 Å². The second kappa shape index (κ2) is 2.06. The Bertz CT molecular complexity index is 213. The van der Waals surface area contributed by atoms with Crippen molar-refractivity contribution in [3.8, 4) is 0 Å². The van der Waals surface area contributed by atoms with Crippen LogP contribution in [0.25, 0.3) is 0 Å². The van der Waals surface area contributed by atoms with Crippen LogP contribution >= 0.6 is 0 Å². The third kappa shape index (κ3) is 0.585. The molecule has 68 valence electrons. The Labute approximate surface area is 74.2 Å². The minimum atomic E-state index is 0.0579. The van der Waals surface area contributed by atoms with Gasteiger partial charge in [-0.15, -0.1) is 0 Å². The van der Waals surface area contributed by atoms with Gasteiger partial charge in [0.1, 0.15) is 0 Å². The molecule has 0 spiro atoms. The van der Waals surface area contributed by atoms with Crippen molar-refractivity contribution in [1.29, 1.82) is 0 Å². The maximum Gasteiger partial charge on any atom is 0.0601 e. The predicted octanol–water partition coefficient (Wildman–Crippen LogP) is 2.48. The van der Waals surface area contributed by atoms with Crippen molar-refractivity contribution in [1.82, 2.24) is 0 Å². The highest BCUT2D eigenvalue weighted by Crippen LogP contribution is 2.72. The number of rotatable bonds is 0. The van der Waals surface area contributed by atoms with Crippen molar-refractivity contribution < 1.29 is 5.11 Å². The van der Waals surface area contributed by atoms with E-state index < -0.39 is 0 Å². The van der Waals surface area contributed by atoms with Gasteiger partial charge < -0.3 is 5.11 Å². The highest BCUT2D eigenvalue weighted by molar-refractivity contribution is 5.15. The average molecular weight is 166 g/mol. The zero-order valence-corrected chi connectivity index (χ0v) is 7.68. The van der Waals surface area contributed by atoms with E-state index in [4.69, 9.17) is 0 Å². The largest absolute Gasteiger partial charge is 0.393 e. The monoisotopic (exact) mass is 166 g/mol. The van der Waals surface area contributed by atoms with Gasteiger partial charge >= 0.3 is 0 Å². The van der Waals surface area contributed by atoms with Crippen molar-refractivity contribution in [2.45, 2.75) is 57.5 Å². The van der Waals surface area contributed by atoms with Crippen molar-refractivity contribution >= 4 is 0 Å². The molecule has 1 nitrogen and oxygen atoms in total. The lowest BCUT2D eigenvalue weighted by Crippen LogP contribution is -2.56. The van der Waals surface area contributed by atoms with Crippen LogP contribution in [0.15, 0.2) is 0 Å². The van der Waals surface area contributed by atoms with Crippen LogP contribution in [0.5, 0.6) is 0 Å². The Balaban J connectivity index is 1.99. The fourth-order valence-electron chi connectivity index (χ4n) is 4.40. The molecule has 0 bridgehead atoms. The molecule has 3 fully saturated rings. The van der Waals surface area contributed by atoms with Crippen LogP contribution < -0.4 is 0 Å². The zero-order chi connectivity index (χ0) is 8.23. The molecule has 12 heavy (non-hydrogen) atoms. The van der Waals surface area contributed by atoms with Crippen molar-refractivity contribution in [3.63, 3.8) is 0 Å². The van der Waals surface area contributed by atoms with Gasteiger partial charge in [-0.05, 0) is 43.9 Å². The molecule has 3 aliphatic rings. The molecule has 0 aromatic rings. The molecule has 1 heteroatoms. The average Bonchev–Trinajstić information content (AvgIpc) is 2.31. The molecular weight excluding hydrogens is 148 g/mol. The predicted molar refractivity (Wildman–Crippen MR) is 47.8 cm³/mol. The molecule has 0 aromatic heterocycles. The summed E-state index contributed by atoms with van der Waals surface area (Å²) >= 11 is 0. The molecule has 3 saturated carbocycles. The lowest BCUT2D eigenvalue weighted by atomic mass is 9.44. The van der Waals surface area contributed by atoms with Gasteiger partial charge in [0.05, 0.1) is 6.10 Å². The summed E-state index contributed by atoms with van der Waals surface area (Å²) in [5, 5.41) is 10.1. The molecule has 3 atom stereocenters. The lowest BCUT2D eigenvalue weighted by molar-refractivity contribution is -0.167. The Morgan fingerprint density at radius 2 is 1.75 bits per heavy atom. The standard InChI is InChI=1S/C11H18O/c12-9-3-1-4-10-5-2-6-11(9,10)8-7-10/h9,12H,1-8H2/t9-,10-,11-/m1/s1. The molecule has 0 amide bonds. The zero-order valence-electron chi connectivity index (χ0n) is 7.68. The van der Waals surface area contributed by atoms with Gasteiger partial charge in [0, 0.05) is 5.41 Å². The van der Waals surface area contributed by atoms with Crippen LogP contribution in [0.4, 0.5) is 0 Å². The Kier molecular flexibility index (Phi) is 1.27.